The SMILES string of the molecule is CCOC(=O)C(=NNC(=O)Nc1c(F)cc(Cl)c2c1OC(C)(C)O2)C(=O)OCC. The summed E-state index contributed by atoms with van der Waals surface area (Å²) in [4.78, 5) is 35.8. The topological polar surface area (TPSA) is 125 Å². The number of rotatable bonds is 6. The Kier molecular flexibility index (Phi) is 6.85. The minimum Gasteiger partial charge on any atom is -0.461 e. The van der Waals surface area contributed by atoms with E-state index in [1.165, 1.54) is 13.8 Å². The number of halogens is 2. The Morgan fingerprint density at radius 2 is 1.69 bits per heavy atom. The molecule has 0 atom stereocenters. The molecule has 2 rings (SSSR count). The van der Waals surface area contributed by atoms with Crippen LogP contribution in [0.1, 0.15) is 27.7 Å². The fourth-order valence-corrected chi connectivity index (χ4v) is 2.44. The molecule has 0 aromatic heterocycles. The van der Waals surface area contributed by atoms with E-state index in [-0.39, 0.29) is 35.4 Å². The van der Waals surface area contributed by atoms with Crippen molar-refractivity contribution in [3.05, 3.63) is 16.9 Å². The Morgan fingerprint density at radius 3 is 2.24 bits per heavy atom. The molecule has 1 aromatic rings. The van der Waals surface area contributed by atoms with Gasteiger partial charge in [0.2, 0.25) is 5.79 Å². The van der Waals surface area contributed by atoms with Crippen molar-refractivity contribution < 1.29 is 37.7 Å². The molecule has 0 spiro atoms. The van der Waals surface area contributed by atoms with Gasteiger partial charge in [-0.05, 0) is 19.9 Å². The second-order valence-electron chi connectivity index (χ2n) is 5.94. The Hall–Kier alpha value is -3.08. The van der Waals surface area contributed by atoms with Gasteiger partial charge in [0.15, 0.2) is 17.3 Å². The van der Waals surface area contributed by atoms with Gasteiger partial charge >= 0.3 is 18.0 Å². The number of carbonyl (C=O) groups excluding carboxylic acids is 3. The maximum Gasteiger partial charge on any atom is 0.366 e. The van der Waals surface area contributed by atoms with Crippen molar-refractivity contribution in [3.63, 3.8) is 0 Å². The maximum absolute atomic E-state index is 14.3. The zero-order valence-corrected chi connectivity index (χ0v) is 16.8. The first kappa shape index (κ1) is 22.2. The molecule has 12 heteroatoms. The lowest BCUT2D eigenvalue weighted by molar-refractivity contribution is -0.140. The van der Waals surface area contributed by atoms with E-state index in [2.05, 4.69) is 19.9 Å². The number of benzene rings is 1. The Labute approximate surface area is 170 Å². The number of hydrazone groups is 1. The van der Waals surface area contributed by atoms with Crippen molar-refractivity contribution in [3.8, 4) is 11.5 Å². The highest BCUT2D eigenvalue weighted by Gasteiger charge is 2.37. The molecule has 158 valence electrons. The van der Waals surface area contributed by atoms with E-state index in [9.17, 15) is 18.8 Å². The number of nitrogens with zero attached hydrogens (tertiary/aromatic N) is 1. The number of ether oxygens (including phenoxy) is 4. The minimum atomic E-state index is -1.13. The van der Waals surface area contributed by atoms with Gasteiger partial charge in [-0.15, -0.1) is 0 Å². The summed E-state index contributed by atoms with van der Waals surface area (Å²) < 4.78 is 34.7. The van der Waals surface area contributed by atoms with Gasteiger partial charge in [0.1, 0.15) is 5.69 Å². The summed E-state index contributed by atoms with van der Waals surface area (Å²) in [5.41, 5.74) is 0.754. The number of amides is 2. The minimum absolute atomic E-state index is 0.0291. The van der Waals surface area contributed by atoms with Crippen molar-refractivity contribution >= 4 is 41.0 Å². The average Bonchev–Trinajstić information content (AvgIpc) is 2.95. The zero-order valence-electron chi connectivity index (χ0n) is 16.1. The summed E-state index contributed by atoms with van der Waals surface area (Å²) in [6.07, 6.45) is 0. The lowest BCUT2D eigenvalue weighted by Gasteiger charge is -2.16. The van der Waals surface area contributed by atoms with Gasteiger partial charge in [0.25, 0.3) is 5.71 Å². The number of nitrogens with one attached hydrogen (secondary N) is 2. The van der Waals surface area contributed by atoms with E-state index in [1.807, 2.05) is 5.43 Å². The van der Waals surface area contributed by atoms with Gasteiger partial charge in [0.05, 0.1) is 18.2 Å². The highest BCUT2D eigenvalue weighted by molar-refractivity contribution is 6.62. The number of carbonyl (C=O) groups is 3. The monoisotopic (exact) mass is 431 g/mol. The first-order valence-corrected chi connectivity index (χ1v) is 8.86. The van der Waals surface area contributed by atoms with Crippen LogP contribution in [0, 0.1) is 5.82 Å². The van der Waals surface area contributed by atoms with Crippen LogP contribution >= 0.6 is 11.6 Å². The van der Waals surface area contributed by atoms with Crippen LogP contribution in [0.15, 0.2) is 11.2 Å². The number of urea groups is 1. The zero-order chi connectivity index (χ0) is 21.8. The lowest BCUT2D eigenvalue weighted by atomic mass is 10.2. The van der Waals surface area contributed by atoms with Crippen LogP contribution in [0.5, 0.6) is 11.5 Å². The molecule has 1 aliphatic heterocycles. The van der Waals surface area contributed by atoms with Crippen molar-refractivity contribution in [2.24, 2.45) is 5.10 Å². The Balaban J connectivity index is 2.22. The highest BCUT2D eigenvalue weighted by atomic mass is 35.5. The summed E-state index contributed by atoms with van der Waals surface area (Å²) in [5.74, 6) is -4.28. The molecule has 0 saturated carbocycles. The summed E-state index contributed by atoms with van der Waals surface area (Å²) >= 11 is 5.94. The number of fused-ring (bicyclic) bond motifs is 1. The van der Waals surface area contributed by atoms with Crippen molar-refractivity contribution in [1.82, 2.24) is 5.43 Å². The van der Waals surface area contributed by atoms with Crippen LogP contribution in [0.3, 0.4) is 0 Å². The standard InChI is InChI=1S/C17H19ClFN3O7/c1-5-26-14(23)11(15(24)27-6-2)21-22-16(25)20-10-9(19)7-8(18)12-13(10)29-17(3,4)28-12/h7H,5-6H2,1-4H3,(H2,20,22,25). The molecule has 0 fully saturated rings. The van der Waals surface area contributed by atoms with Crippen LogP contribution in [-0.2, 0) is 19.1 Å². The van der Waals surface area contributed by atoms with Crippen LogP contribution in [0.4, 0.5) is 14.9 Å². The molecular weight excluding hydrogens is 413 g/mol. The van der Waals surface area contributed by atoms with E-state index in [1.54, 1.807) is 13.8 Å². The van der Waals surface area contributed by atoms with Crippen LogP contribution in [0.25, 0.3) is 0 Å². The third-order valence-corrected chi connectivity index (χ3v) is 3.56. The van der Waals surface area contributed by atoms with E-state index in [0.717, 1.165) is 6.07 Å². The van der Waals surface area contributed by atoms with E-state index >= 15 is 0 Å². The van der Waals surface area contributed by atoms with Crippen molar-refractivity contribution in [1.29, 1.82) is 0 Å². The average molecular weight is 432 g/mol. The fourth-order valence-electron chi connectivity index (χ4n) is 2.22. The molecule has 1 heterocycles. The lowest BCUT2D eigenvalue weighted by Crippen LogP contribution is -2.33. The third-order valence-electron chi connectivity index (χ3n) is 3.28. The molecule has 1 aliphatic rings. The molecule has 2 N–H and O–H groups in total. The number of anilines is 1. The molecule has 2 amide bonds. The summed E-state index contributed by atoms with van der Waals surface area (Å²) in [6, 6.07) is -0.139. The number of hydrogen-bond acceptors (Lipinski definition) is 8. The molecule has 0 radical (unpaired) electrons. The van der Waals surface area contributed by atoms with Gasteiger partial charge in [0, 0.05) is 13.8 Å². The molecule has 0 aliphatic carbocycles. The second-order valence-corrected chi connectivity index (χ2v) is 6.35. The molecule has 1 aromatic carbocycles. The Bertz CT molecular complexity index is 853. The smallest absolute Gasteiger partial charge is 0.366 e. The van der Waals surface area contributed by atoms with Crippen LogP contribution in [0.2, 0.25) is 5.02 Å². The molecular formula is C17H19ClFN3O7. The van der Waals surface area contributed by atoms with Crippen molar-refractivity contribution in [2.75, 3.05) is 18.5 Å². The first-order chi connectivity index (χ1) is 13.6. The first-order valence-electron chi connectivity index (χ1n) is 8.48. The largest absolute Gasteiger partial charge is 0.461 e. The maximum atomic E-state index is 14.3. The molecule has 0 unspecified atom stereocenters. The second kappa shape index (κ2) is 8.95. The normalized spacial score (nSPS) is 13.3. The van der Waals surface area contributed by atoms with Crippen LogP contribution < -0.4 is 20.2 Å². The summed E-state index contributed by atoms with van der Waals surface area (Å²) in [7, 11) is 0. The van der Waals surface area contributed by atoms with Gasteiger partial charge in [-0.3, -0.25) is 0 Å². The third kappa shape index (κ3) is 5.25. The van der Waals surface area contributed by atoms with Gasteiger partial charge in [-0.2, -0.15) is 5.10 Å². The van der Waals surface area contributed by atoms with E-state index < -0.39 is 35.3 Å². The molecule has 29 heavy (non-hydrogen) atoms. The Morgan fingerprint density at radius 1 is 1.14 bits per heavy atom. The van der Waals surface area contributed by atoms with Crippen molar-refractivity contribution in [2.45, 2.75) is 33.5 Å². The quantitative estimate of drug-likeness (QED) is 0.307. The fraction of sp³-hybridized carbons (Fsp3) is 0.412. The number of esters is 2. The van der Waals surface area contributed by atoms with Gasteiger partial charge in [-0.25, -0.2) is 24.2 Å². The van der Waals surface area contributed by atoms with Gasteiger partial charge < -0.3 is 24.3 Å². The molecule has 10 nitrogen and oxygen atoms in total. The van der Waals surface area contributed by atoms with Gasteiger partial charge in [-0.1, -0.05) is 11.6 Å². The predicted molar refractivity (Wildman–Crippen MR) is 99.6 cm³/mol. The molecule has 0 saturated heterocycles. The van der Waals surface area contributed by atoms with Crippen LogP contribution in [-0.4, -0.2) is 42.7 Å². The highest BCUT2D eigenvalue weighted by Crippen LogP contribution is 2.50. The summed E-state index contributed by atoms with van der Waals surface area (Å²) in [6.45, 7) is 6.13. The predicted octanol–water partition coefficient (Wildman–Crippen LogP) is 2.59. The van der Waals surface area contributed by atoms with E-state index in [0.29, 0.717) is 0 Å². The summed E-state index contributed by atoms with van der Waals surface area (Å²) in [5, 5.41) is 5.54. The van der Waals surface area contributed by atoms with E-state index in [4.69, 9.17) is 21.1 Å². The molecule has 0 bridgehead atoms. The number of hydrogen-bond donors (Lipinski definition) is 2.